The molecule has 2 fully saturated rings. The topological polar surface area (TPSA) is 139 Å². The molecular formula is C21H34N4O7. The number of urea groups is 2. The van der Waals surface area contributed by atoms with Gasteiger partial charge in [0.2, 0.25) is 11.8 Å². The number of β-amino-alcohol motifs (C(OH)–C–C–N with tert-alkyl or cyclic N) is 2. The molecule has 2 N–H and O–H groups in total. The number of rotatable bonds is 9. The van der Waals surface area contributed by atoms with Crippen LogP contribution in [0, 0.1) is 5.41 Å². The second-order valence-corrected chi connectivity index (χ2v) is 8.94. The van der Waals surface area contributed by atoms with Gasteiger partial charge in [-0.3, -0.25) is 29.1 Å². The third-order valence-electron chi connectivity index (χ3n) is 6.65. The van der Waals surface area contributed by atoms with Crippen molar-refractivity contribution in [2.75, 3.05) is 26.7 Å². The summed E-state index contributed by atoms with van der Waals surface area (Å²) >= 11 is 0. The van der Waals surface area contributed by atoms with Crippen molar-refractivity contribution in [2.45, 2.75) is 71.6 Å². The Morgan fingerprint density at radius 2 is 1.25 bits per heavy atom. The minimum absolute atomic E-state index is 0.0355. The third-order valence-corrected chi connectivity index (χ3v) is 6.65. The standard InChI is InChI=1S/C21H34N4O7/c1-7-13(26)12-25-19(32)23(15(28)20(25,4)5)10-14(27)11-24-17(30)21(8-2,9-3)16(29)22(6)18(24)31/h13-14,26-27H,7-12H2,1-6H3. The van der Waals surface area contributed by atoms with Gasteiger partial charge in [0.1, 0.15) is 11.0 Å². The Morgan fingerprint density at radius 3 is 1.72 bits per heavy atom. The Hall–Kier alpha value is -2.53. The summed E-state index contributed by atoms with van der Waals surface area (Å²) in [6.07, 6.45) is -1.42. The Labute approximate surface area is 187 Å². The van der Waals surface area contributed by atoms with Gasteiger partial charge < -0.3 is 15.1 Å². The van der Waals surface area contributed by atoms with Crippen LogP contribution in [-0.4, -0.2) is 104 Å². The lowest BCUT2D eigenvalue weighted by molar-refractivity contribution is -0.159. The van der Waals surface area contributed by atoms with Gasteiger partial charge in [-0.05, 0) is 33.1 Å². The summed E-state index contributed by atoms with van der Waals surface area (Å²) in [5.41, 5.74) is -2.60. The van der Waals surface area contributed by atoms with Crippen molar-refractivity contribution < 1.29 is 34.2 Å². The molecule has 0 aromatic heterocycles. The minimum atomic E-state index is -1.41. The summed E-state index contributed by atoms with van der Waals surface area (Å²) in [5.74, 6) is -1.83. The molecular weight excluding hydrogens is 420 g/mol. The Kier molecular flexibility index (Phi) is 7.35. The van der Waals surface area contributed by atoms with Crippen LogP contribution in [0.1, 0.15) is 53.9 Å². The van der Waals surface area contributed by atoms with Crippen LogP contribution in [0.2, 0.25) is 0 Å². The molecule has 0 aromatic carbocycles. The number of nitrogens with zero attached hydrogens (tertiary/aromatic N) is 4. The molecule has 11 nitrogen and oxygen atoms in total. The van der Waals surface area contributed by atoms with E-state index in [-0.39, 0.29) is 19.4 Å². The summed E-state index contributed by atoms with van der Waals surface area (Å²) in [5, 5.41) is 20.6. The lowest BCUT2D eigenvalue weighted by Crippen LogP contribution is -2.65. The van der Waals surface area contributed by atoms with E-state index in [0.29, 0.717) is 6.42 Å². The molecule has 2 unspecified atom stereocenters. The van der Waals surface area contributed by atoms with Gasteiger partial charge in [-0.2, -0.15) is 0 Å². The predicted molar refractivity (Wildman–Crippen MR) is 113 cm³/mol. The summed E-state index contributed by atoms with van der Waals surface area (Å²) < 4.78 is 0. The fourth-order valence-electron chi connectivity index (χ4n) is 4.25. The highest BCUT2D eigenvalue weighted by molar-refractivity contribution is 6.18. The van der Waals surface area contributed by atoms with Gasteiger partial charge in [-0.15, -0.1) is 0 Å². The van der Waals surface area contributed by atoms with E-state index in [9.17, 15) is 34.2 Å². The first-order valence-electron chi connectivity index (χ1n) is 10.9. The van der Waals surface area contributed by atoms with Gasteiger partial charge in [-0.1, -0.05) is 20.8 Å². The van der Waals surface area contributed by atoms with E-state index in [2.05, 4.69) is 0 Å². The number of hydrogen-bond acceptors (Lipinski definition) is 7. The maximum atomic E-state index is 13.0. The molecule has 7 amide bonds. The van der Waals surface area contributed by atoms with Crippen LogP contribution in [0.25, 0.3) is 0 Å². The van der Waals surface area contributed by atoms with Crippen LogP contribution in [0.3, 0.4) is 0 Å². The number of carbonyl (C=O) groups is 5. The Bertz CT molecular complexity index is 808. The van der Waals surface area contributed by atoms with Crippen LogP contribution < -0.4 is 0 Å². The lowest BCUT2D eigenvalue weighted by atomic mass is 9.78. The Balaban J connectivity index is 2.21. The smallest absolute Gasteiger partial charge is 0.333 e. The summed E-state index contributed by atoms with van der Waals surface area (Å²) in [7, 11) is 1.28. The van der Waals surface area contributed by atoms with Crippen molar-refractivity contribution in [3.63, 3.8) is 0 Å². The molecule has 32 heavy (non-hydrogen) atoms. The number of amides is 7. The second-order valence-electron chi connectivity index (χ2n) is 8.94. The number of hydrogen-bond donors (Lipinski definition) is 2. The van der Waals surface area contributed by atoms with Crippen LogP contribution in [-0.2, 0) is 14.4 Å². The fourth-order valence-corrected chi connectivity index (χ4v) is 4.25. The fraction of sp³-hybridized carbons (Fsp3) is 0.762. The largest absolute Gasteiger partial charge is 0.391 e. The van der Waals surface area contributed by atoms with Crippen molar-refractivity contribution in [3.8, 4) is 0 Å². The molecule has 0 aliphatic carbocycles. The molecule has 0 spiro atoms. The molecule has 2 rings (SSSR count). The monoisotopic (exact) mass is 454 g/mol. The first-order chi connectivity index (χ1) is 14.8. The molecule has 2 aliphatic rings. The summed E-state index contributed by atoms with van der Waals surface area (Å²) in [4.78, 5) is 67.7. The second kappa shape index (κ2) is 9.14. The van der Waals surface area contributed by atoms with E-state index in [1.54, 1.807) is 34.6 Å². The number of barbiturate groups is 1. The van der Waals surface area contributed by atoms with Gasteiger partial charge in [0, 0.05) is 13.6 Å². The molecule has 2 aliphatic heterocycles. The predicted octanol–water partition coefficient (Wildman–Crippen LogP) is 0.388. The molecule has 180 valence electrons. The van der Waals surface area contributed by atoms with Crippen molar-refractivity contribution in [1.29, 1.82) is 0 Å². The average molecular weight is 455 g/mol. The number of imide groups is 3. The molecule has 0 aromatic rings. The molecule has 2 saturated heterocycles. The van der Waals surface area contributed by atoms with Crippen molar-refractivity contribution in [2.24, 2.45) is 5.41 Å². The van der Waals surface area contributed by atoms with Gasteiger partial charge in [0.25, 0.3) is 5.91 Å². The first kappa shape index (κ1) is 25.7. The van der Waals surface area contributed by atoms with Crippen molar-refractivity contribution in [1.82, 2.24) is 19.6 Å². The average Bonchev–Trinajstić information content (AvgIpc) is 2.91. The van der Waals surface area contributed by atoms with E-state index in [0.717, 1.165) is 14.7 Å². The number of aliphatic hydroxyl groups excluding tert-OH is 2. The van der Waals surface area contributed by atoms with Crippen LogP contribution in [0.15, 0.2) is 0 Å². The summed E-state index contributed by atoms with van der Waals surface area (Å²) in [6, 6.07) is -1.52. The third kappa shape index (κ3) is 3.99. The highest BCUT2D eigenvalue weighted by atomic mass is 16.3. The normalized spacial score (nSPS) is 22.8. The number of aliphatic hydroxyl groups is 2. The van der Waals surface area contributed by atoms with Gasteiger partial charge in [0.15, 0.2) is 0 Å². The summed E-state index contributed by atoms with van der Waals surface area (Å²) in [6.45, 7) is 7.29. The maximum absolute atomic E-state index is 13.0. The lowest BCUT2D eigenvalue weighted by Gasteiger charge is -2.42. The number of carbonyl (C=O) groups excluding carboxylic acids is 5. The van der Waals surface area contributed by atoms with Crippen LogP contribution in [0.4, 0.5) is 9.59 Å². The minimum Gasteiger partial charge on any atom is -0.391 e. The van der Waals surface area contributed by atoms with Crippen molar-refractivity contribution >= 4 is 29.8 Å². The zero-order chi connectivity index (χ0) is 24.6. The molecule has 2 heterocycles. The molecule has 11 heteroatoms. The van der Waals surface area contributed by atoms with E-state index in [1.165, 1.54) is 11.9 Å². The van der Waals surface area contributed by atoms with Gasteiger partial charge >= 0.3 is 12.1 Å². The van der Waals surface area contributed by atoms with Crippen LogP contribution in [0.5, 0.6) is 0 Å². The van der Waals surface area contributed by atoms with E-state index in [1.807, 2.05) is 0 Å². The first-order valence-corrected chi connectivity index (χ1v) is 10.9. The van der Waals surface area contributed by atoms with Gasteiger partial charge in [-0.25, -0.2) is 9.59 Å². The van der Waals surface area contributed by atoms with Gasteiger partial charge in [0.05, 0.1) is 25.3 Å². The molecule has 2 atom stereocenters. The zero-order valence-corrected chi connectivity index (χ0v) is 19.6. The maximum Gasteiger partial charge on any atom is 0.333 e. The SMILES string of the molecule is CCC(O)CN1C(=O)N(CC(O)CN2C(=O)N(C)C(=O)C(CC)(CC)C2=O)C(=O)C1(C)C. The Morgan fingerprint density at radius 1 is 0.750 bits per heavy atom. The molecule has 0 radical (unpaired) electrons. The van der Waals surface area contributed by atoms with Crippen molar-refractivity contribution in [3.05, 3.63) is 0 Å². The zero-order valence-electron chi connectivity index (χ0n) is 19.6. The van der Waals surface area contributed by atoms with Crippen LogP contribution >= 0.6 is 0 Å². The molecule has 0 saturated carbocycles. The molecule has 0 bridgehead atoms. The quantitative estimate of drug-likeness (QED) is 0.379. The highest BCUT2D eigenvalue weighted by Crippen LogP contribution is 2.35. The van der Waals surface area contributed by atoms with E-state index < -0.39 is 66.0 Å². The van der Waals surface area contributed by atoms with E-state index in [4.69, 9.17) is 0 Å². The van der Waals surface area contributed by atoms with E-state index >= 15 is 0 Å². The highest BCUT2D eigenvalue weighted by Gasteiger charge is 2.55.